The molecule has 1 aromatic rings. The molecule has 0 N–H and O–H groups in total. The Labute approximate surface area is 76.5 Å². The predicted octanol–water partition coefficient (Wildman–Crippen LogP) is 2.33. The number of hydrogen-bond acceptors (Lipinski definition) is 0. The Morgan fingerprint density at radius 2 is 2.00 bits per heavy atom. The fraction of sp³-hybridized carbons (Fsp3) is 0.273. The Bertz CT molecular complexity index is 287. The molecule has 0 atom stereocenters. The highest BCUT2D eigenvalue weighted by Crippen LogP contribution is 2.06. The summed E-state index contributed by atoms with van der Waals surface area (Å²) in [5.41, 5.74) is 2.61. The maximum absolute atomic E-state index is 3.81. The third-order valence-electron chi connectivity index (χ3n) is 2.19. The molecule has 0 amide bonds. The van der Waals surface area contributed by atoms with Gasteiger partial charge in [-0.1, -0.05) is 49.1 Å². The van der Waals surface area contributed by atoms with Gasteiger partial charge in [-0.25, -0.2) is 0 Å². The molecular weight excluding hydrogens is 160 g/mol. The molecule has 0 aromatic heterocycles. The molecule has 0 heterocycles. The highest BCUT2D eigenvalue weighted by Gasteiger charge is 2.01. The second-order valence-electron chi connectivity index (χ2n) is 3.47. The van der Waals surface area contributed by atoms with Crippen molar-refractivity contribution in [3.8, 4) is 0 Å². The lowest BCUT2D eigenvalue weighted by molar-refractivity contribution is 1.46. The largest absolute Gasteiger partial charge is 0.0985 e. The van der Waals surface area contributed by atoms with Crippen LogP contribution in [-0.4, -0.2) is 8.80 Å². The van der Waals surface area contributed by atoms with Gasteiger partial charge in [0.05, 0.1) is 8.80 Å². The van der Waals surface area contributed by atoms with E-state index in [0.717, 1.165) is 0 Å². The van der Waals surface area contributed by atoms with Crippen molar-refractivity contribution in [2.75, 3.05) is 0 Å². The van der Waals surface area contributed by atoms with Crippen molar-refractivity contribution >= 4 is 20.1 Å². The molecule has 0 aliphatic rings. The lowest BCUT2D eigenvalue weighted by Gasteiger charge is -2.07. The Kier molecular flexibility index (Phi) is 2.87. The van der Waals surface area contributed by atoms with E-state index in [4.69, 9.17) is 0 Å². The topological polar surface area (TPSA) is 0 Å². The van der Waals surface area contributed by atoms with E-state index in [-0.39, 0.29) is 0 Å². The molecule has 1 rings (SSSR count). The zero-order valence-corrected chi connectivity index (χ0v) is 9.25. The molecule has 0 unspecified atom stereocenters. The van der Waals surface area contributed by atoms with Crippen LogP contribution in [0.2, 0.25) is 13.1 Å². The predicted molar refractivity (Wildman–Crippen MR) is 59.8 cm³/mol. The first-order valence-corrected chi connectivity index (χ1v) is 7.27. The molecule has 0 nitrogen and oxygen atoms in total. The summed E-state index contributed by atoms with van der Waals surface area (Å²) in [5, 5.41) is 1.52. The van der Waals surface area contributed by atoms with Crippen molar-refractivity contribution in [2.24, 2.45) is 0 Å². The van der Waals surface area contributed by atoms with Gasteiger partial charge in [0.15, 0.2) is 0 Å². The summed E-state index contributed by atoms with van der Waals surface area (Å²) in [6, 6.07) is 6.72. The monoisotopic (exact) mass is 176 g/mol. The average Bonchev–Trinajstić information content (AvgIpc) is 2.05. The smallest absolute Gasteiger partial charge is 0.0647 e. The van der Waals surface area contributed by atoms with Gasteiger partial charge in [-0.3, -0.25) is 0 Å². The van der Waals surface area contributed by atoms with E-state index < -0.39 is 8.80 Å². The molecule has 0 spiro atoms. The van der Waals surface area contributed by atoms with E-state index in [2.05, 4.69) is 44.8 Å². The van der Waals surface area contributed by atoms with Crippen molar-refractivity contribution in [3.63, 3.8) is 0 Å². The van der Waals surface area contributed by atoms with Gasteiger partial charge < -0.3 is 0 Å². The third kappa shape index (κ3) is 1.86. The van der Waals surface area contributed by atoms with Crippen LogP contribution in [0.3, 0.4) is 0 Å². The van der Waals surface area contributed by atoms with Gasteiger partial charge in [0, 0.05) is 0 Å². The van der Waals surface area contributed by atoms with E-state index >= 15 is 0 Å². The van der Waals surface area contributed by atoms with Gasteiger partial charge in [-0.2, -0.15) is 0 Å². The minimum Gasteiger partial charge on any atom is -0.0985 e. The third-order valence-corrected chi connectivity index (χ3v) is 3.88. The van der Waals surface area contributed by atoms with E-state index in [0.29, 0.717) is 0 Å². The molecule has 0 saturated carbocycles. The number of aryl methyl sites for hydroxylation is 1. The van der Waals surface area contributed by atoms with Gasteiger partial charge in [0.25, 0.3) is 0 Å². The van der Waals surface area contributed by atoms with Crippen LogP contribution in [0.4, 0.5) is 0 Å². The maximum atomic E-state index is 3.81. The van der Waals surface area contributed by atoms with Crippen LogP contribution in [0, 0.1) is 6.92 Å². The van der Waals surface area contributed by atoms with Gasteiger partial charge in [-0.15, -0.1) is 0 Å². The van der Waals surface area contributed by atoms with Gasteiger partial charge in [0.1, 0.15) is 0 Å². The number of rotatable bonds is 2. The second kappa shape index (κ2) is 3.72. The van der Waals surface area contributed by atoms with Crippen molar-refractivity contribution < 1.29 is 0 Å². The van der Waals surface area contributed by atoms with Crippen molar-refractivity contribution in [1.82, 2.24) is 0 Å². The van der Waals surface area contributed by atoms with Crippen LogP contribution in [0.25, 0.3) is 6.08 Å². The summed E-state index contributed by atoms with van der Waals surface area (Å²) in [4.78, 5) is 0. The molecule has 0 bridgehead atoms. The first-order chi connectivity index (χ1) is 5.65. The Morgan fingerprint density at radius 3 is 2.50 bits per heavy atom. The molecule has 0 aliphatic carbocycles. The molecule has 0 fully saturated rings. The molecule has 1 aromatic carbocycles. The molecule has 0 radical (unpaired) electrons. The molecular formula is C11H16Si. The van der Waals surface area contributed by atoms with Crippen molar-refractivity contribution in [2.45, 2.75) is 20.0 Å². The zero-order chi connectivity index (χ0) is 9.14. The van der Waals surface area contributed by atoms with E-state index in [1.54, 1.807) is 0 Å². The summed E-state index contributed by atoms with van der Waals surface area (Å²) >= 11 is 0. The van der Waals surface area contributed by atoms with Crippen molar-refractivity contribution in [1.29, 1.82) is 0 Å². The Balaban J connectivity index is 3.13. The fourth-order valence-corrected chi connectivity index (χ4v) is 2.23. The van der Waals surface area contributed by atoms with Crippen LogP contribution >= 0.6 is 0 Å². The molecule has 0 aliphatic heterocycles. The lowest BCUT2D eigenvalue weighted by Crippen LogP contribution is -2.22. The zero-order valence-electron chi connectivity index (χ0n) is 8.09. The van der Waals surface area contributed by atoms with Gasteiger partial charge in [0.2, 0.25) is 0 Å². The van der Waals surface area contributed by atoms with Crippen LogP contribution in [0.1, 0.15) is 11.1 Å². The molecule has 1 heteroatoms. The molecule has 64 valence electrons. The quantitative estimate of drug-likeness (QED) is 0.607. The first kappa shape index (κ1) is 9.27. The minimum absolute atomic E-state index is 0.639. The second-order valence-corrected chi connectivity index (χ2v) is 6.45. The van der Waals surface area contributed by atoms with Crippen molar-refractivity contribution in [3.05, 3.63) is 35.9 Å². The van der Waals surface area contributed by atoms with Crippen LogP contribution in [-0.2, 0) is 0 Å². The summed E-state index contributed by atoms with van der Waals surface area (Å²) in [7, 11) is -0.639. The normalized spacial score (nSPS) is 10.3. The molecule has 0 saturated heterocycles. The Morgan fingerprint density at radius 1 is 1.33 bits per heavy atom. The highest BCUT2D eigenvalue weighted by atomic mass is 28.3. The fourth-order valence-electron chi connectivity index (χ4n) is 1.24. The summed E-state index contributed by atoms with van der Waals surface area (Å²) in [5.74, 6) is 0. The maximum Gasteiger partial charge on any atom is 0.0647 e. The van der Waals surface area contributed by atoms with Gasteiger partial charge >= 0.3 is 0 Å². The van der Waals surface area contributed by atoms with E-state index in [1.165, 1.54) is 16.3 Å². The summed E-state index contributed by atoms with van der Waals surface area (Å²) < 4.78 is 0. The van der Waals surface area contributed by atoms with Crippen LogP contribution < -0.4 is 5.19 Å². The minimum atomic E-state index is -0.639. The number of hydrogen-bond donors (Lipinski definition) is 0. The van der Waals surface area contributed by atoms with E-state index in [1.807, 2.05) is 6.08 Å². The summed E-state index contributed by atoms with van der Waals surface area (Å²) in [6.45, 7) is 10.6. The standard InChI is InChI=1S/C11H16Si/c1-5-10-8-11(12(3)4)7-6-9(10)2/h5-8,12H,1H2,2-4H3. The SMILES string of the molecule is C=Cc1cc([SiH](C)C)ccc1C. The van der Waals surface area contributed by atoms with Crippen LogP contribution in [0.15, 0.2) is 24.8 Å². The van der Waals surface area contributed by atoms with Gasteiger partial charge in [-0.05, 0) is 18.1 Å². The first-order valence-electron chi connectivity index (χ1n) is 4.38. The average molecular weight is 176 g/mol. The molecule has 12 heavy (non-hydrogen) atoms. The van der Waals surface area contributed by atoms with Crippen LogP contribution in [0.5, 0.6) is 0 Å². The highest BCUT2D eigenvalue weighted by molar-refractivity contribution is 6.70. The summed E-state index contributed by atoms with van der Waals surface area (Å²) in [6.07, 6.45) is 1.94. The van der Waals surface area contributed by atoms with E-state index in [9.17, 15) is 0 Å². The lowest BCUT2D eigenvalue weighted by atomic mass is 10.1. The number of benzene rings is 1. The Hall–Kier alpha value is -0.823.